The molecule has 0 unspecified atom stereocenters. The highest BCUT2D eigenvalue weighted by molar-refractivity contribution is 5.99. The van der Waals surface area contributed by atoms with Crippen LogP contribution < -0.4 is 20.7 Å². The van der Waals surface area contributed by atoms with Crippen molar-refractivity contribution in [3.05, 3.63) is 72.3 Å². The number of hydrogen-bond acceptors (Lipinski definition) is 4. The van der Waals surface area contributed by atoms with Crippen LogP contribution in [0.3, 0.4) is 0 Å². The fourth-order valence-electron chi connectivity index (χ4n) is 3.04. The van der Waals surface area contributed by atoms with Crippen LogP contribution in [-0.2, 0) is 16.0 Å². The van der Waals surface area contributed by atoms with Gasteiger partial charge in [0.1, 0.15) is 5.75 Å². The number of amides is 2. The van der Waals surface area contributed by atoms with E-state index >= 15 is 0 Å². The average molecular weight is 393 g/mol. The van der Waals surface area contributed by atoms with Crippen molar-refractivity contribution in [3.63, 3.8) is 0 Å². The third-order valence-corrected chi connectivity index (χ3v) is 4.89. The monoisotopic (exact) mass is 393 g/mol. The number of carbonyl (C=O) groups is 2. The fourth-order valence-corrected chi connectivity index (χ4v) is 3.04. The van der Waals surface area contributed by atoms with Crippen LogP contribution >= 0.6 is 0 Å². The van der Waals surface area contributed by atoms with Crippen LogP contribution in [0.1, 0.15) is 18.4 Å². The summed E-state index contributed by atoms with van der Waals surface area (Å²) in [4.78, 5) is 24.6. The van der Waals surface area contributed by atoms with Crippen LogP contribution in [0, 0.1) is 0 Å². The van der Waals surface area contributed by atoms with Crippen LogP contribution in [0.2, 0.25) is 0 Å². The lowest BCUT2D eigenvalue weighted by Gasteiger charge is -2.28. The van der Waals surface area contributed by atoms with Crippen molar-refractivity contribution in [1.29, 1.82) is 0 Å². The summed E-state index contributed by atoms with van der Waals surface area (Å²) < 4.78 is 5.11. The minimum atomic E-state index is -0.240. The summed E-state index contributed by atoms with van der Waals surface area (Å²) in [6.45, 7) is 0.868. The highest BCUT2D eigenvalue weighted by atomic mass is 16.5. The number of hydrogen-bond donors (Lipinski definition) is 3. The van der Waals surface area contributed by atoms with Crippen molar-refractivity contribution in [3.8, 4) is 5.75 Å². The molecule has 1 aliphatic heterocycles. The second kappa shape index (κ2) is 10.4. The normalized spacial score (nSPS) is 16.7. The van der Waals surface area contributed by atoms with Gasteiger partial charge in [-0.1, -0.05) is 36.4 Å². The maximum absolute atomic E-state index is 12.3. The minimum absolute atomic E-state index is 0.0190. The van der Waals surface area contributed by atoms with Crippen LogP contribution in [0.4, 0.5) is 5.69 Å². The number of benzene rings is 2. The molecule has 0 spiro atoms. The summed E-state index contributed by atoms with van der Waals surface area (Å²) >= 11 is 0. The van der Waals surface area contributed by atoms with E-state index in [-0.39, 0.29) is 23.9 Å². The average Bonchev–Trinajstić information content (AvgIpc) is 2.70. The van der Waals surface area contributed by atoms with Gasteiger partial charge in [-0.3, -0.25) is 9.59 Å². The van der Waals surface area contributed by atoms with Gasteiger partial charge in [-0.2, -0.15) is 0 Å². The Morgan fingerprint density at radius 3 is 2.52 bits per heavy atom. The van der Waals surface area contributed by atoms with Crippen molar-refractivity contribution in [2.45, 2.75) is 31.3 Å². The summed E-state index contributed by atoms with van der Waals surface area (Å²) in [5.41, 5.74) is 1.88. The van der Waals surface area contributed by atoms with Crippen molar-refractivity contribution >= 4 is 17.5 Å². The maximum atomic E-state index is 12.3. The molecule has 152 valence electrons. The topological polar surface area (TPSA) is 79.5 Å². The molecule has 0 saturated carbocycles. The maximum Gasteiger partial charge on any atom is 0.248 e. The van der Waals surface area contributed by atoms with E-state index in [4.69, 9.17) is 4.74 Å². The van der Waals surface area contributed by atoms with E-state index in [1.54, 1.807) is 37.5 Å². The largest absolute Gasteiger partial charge is 0.497 e. The summed E-state index contributed by atoms with van der Waals surface area (Å²) in [7, 11) is 1.60. The van der Waals surface area contributed by atoms with Gasteiger partial charge in [0.2, 0.25) is 11.8 Å². The molecule has 1 saturated heterocycles. The van der Waals surface area contributed by atoms with Gasteiger partial charge >= 0.3 is 0 Å². The van der Waals surface area contributed by atoms with Gasteiger partial charge in [0.25, 0.3) is 0 Å². The predicted molar refractivity (Wildman–Crippen MR) is 114 cm³/mol. The molecule has 3 rings (SSSR count). The summed E-state index contributed by atoms with van der Waals surface area (Å²) in [5, 5.41) is 8.96. The molecular formula is C23H27N3O3. The Morgan fingerprint density at radius 1 is 1.17 bits per heavy atom. The Labute approximate surface area is 171 Å². The molecule has 1 heterocycles. The first-order chi connectivity index (χ1) is 14.1. The molecule has 2 atom stereocenters. The first-order valence-electron chi connectivity index (χ1n) is 9.85. The molecular weight excluding hydrogens is 366 g/mol. The number of anilines is 1. The zero-order valence-electron chi connectivity index (χ0n) is 16.6. The second-order valence-corrected chi connectivity index (χ2v) is 7.01. The molecule has 6 heteroatoms. The smallest absolute Gasteiger partial charge is 0.248 e. The van der Waals surface area contributed by atoms with Gasteiger partial charge in [-0.05, 0) is 55.6 Å². The standard InChI is InChI=1S/C23H27N3O3/c1-29-20-12-9-18(10-13-20)25-22(27)14-11-19(26-23(28)21-15-16-24-21)8-7-17-5-3-2-4-6-17/h2-6,9-14,19,21,24H,7-8,15-16H2,1H3,(H,25,27)(H,26,28)/t19-,21-/m0/s1. The molecule has 6 nitrogen and oxygen atoms in total. The van der Waals surface area contributed by atoms with Gasteiger partial charge in [0, 0.05) is 17.8 Å². The summed E-state index contributed by atoms with van der Waals surface area (Å²) in [5.74, 6) is 0.470. The molecule has 0 bridgehead atoms. The summed E-state index contributed by atoms with van der Waals surface area (Å²) in [6, 6.07) is 16.9. The molecule has 0 radical (unpaired) electrons. The van der Waals surface area contributed by atoms with Crippen molar-refractivity contribution in [2.75, 3.05) is 19.0 Å². The van der Waals surface area contributed by atoms with E-state index in [1.807, 2.05) is 18.2 Å². The Morgan fingerprint density at radius 2 is 1.90 bits per heavy atom. The van der Waals surface area contributed by atoms with E-state index in [9.17, 15) is 9.59 Å². The molecule has 0 aliphatic carbocycles. The van der Waals surface area contributed by atoms with Crippen LogP contribution in [0.15, 0.2) is 66.7 Å². The SMILES string of the molecule is COc1ccc(NC(=O)C=C[C@H](CCc2ccccc2)NC(=O)[C@@H]2CCN2)cc1. The second-order valence-electron chi connectivity index (χ2n) is 7.01. The van der Waals surface area contributed by atoms with E-state index in [1.165, 1.54) is 11.6 Å². The highest BCUT2D eigenvalue weighted by Crippen LogP contribution is 2.15. The van der Waals surface area contributed by atoms with Crippen molar-refractivity contribution < 1.29 is 14.3 Å². The number of carbonyl (C=O) groups excluding carboxylic acids is 2. The molecule has 2 aromatic rings. The first-order valence-corrected chi connectivity index (χ1v) is 9.85. The third-order valence-electron chi connectivity index (χ3n) is 4.89. The van der Waals surface area contributed by atoms with E-state index < -0.39 is 0 Å². The number of ether oxygens (including phenoxy) is 1. The lowest BCUT2D eigenvalue weighted by Crippen LogP contribution is -2.54. The highest BCUT2D eigenvalue weighted by Gasteiger charge is 2.25. The van der Waals surface area contributed by atoms with Crippen molar-refractivity contribution in [2.24, 2.45) is 0 Å². The quantitative estimate of drug-likeness (QED) is 0.573. The Hall–Kier alpha value is -3.12. The Balaban J connectivity index is 1.58. The van der Waals surface area contributed by atoms with Gasteiger partial charge < -0.3 is 20.7 Å². The molecule has 2 amide bonds. The van der Waals surface area contributed by atoms with Crippen LogP contribution in [-0.4, -0.2) is 37.6 Å². The molecule has 1 aliphatic rings. The molecule has 2 aromatic carbocycles. The van der Waals surface area contributed by atoms with Crippen LogP contribution in [0.25, 0.3) is 0 Å². The fraction of sp³-hybridized carbons (Fsp3) is 0.304. The molecule has 0 aromatic heterocycles. The lowest BCUT2D eigenvalue weighted by atomic mass is 10.0. The minimum Gasteiger partial charge on any atom is -0.497 e. The molecule has 3 N–H and O–H groups in total. The number of nitrogens with one attached hydrogen (secondary N) is 3. The zero-order chi connectivity index (χ0) is 20.5. The predicted octanol–water partition coefficient (Wildman–Crippen LogP) is 2.67. The lowest BCUT2D eigenvalue weighted by molar-refractivity contribution is -0.125. The zero-order valence-corrected chi connectivity index (χ0v) is 16.6. The Bertz CT molecular complexity index is 830. The number of methoxy groups -OCH3 is 1. The third kappa shape index (κ3) is 6.47. The first kappa shape index (κ1) is 20.6. The van der Waals surface area contributed by atoms with Gasteiger partial charge in [0.05, 0.1) is 13.2 Å². The van der Waals surface area contributed by atoms with Gasteiger partial charge in [0.15, 0.2) is 0 Å². The van der Waals surface area contributed by atoms with Gasteiger partial charge in [-0.25, -0.2) is 0 Å². The van der Waals surface area contributed by atoms with Gasteiger partial charge in [-0.15, -0.1) is 0 Å². The molecule has 29 heavy (non-hydrogen) atoms. The Kier molecular flexibility index (Phi) is 7.41. The van der Waals surface area contributed by atoms with Crippen molar-refractivity contribution in [1.82, 2.24) is 10.6 Å². The number of aryl methyl sites for hydroxylation is 1. The van der Waals surface area contributed by atoms with E-state index in [2.05, 4.69) is 28.1 Å². The van der Waals surface area contributed by atoms with E-state index in [0.717, 1.165) is 31.6 Å². The van der Waals surface area contributed by atoms with E-state index in [0.29, 0.717) is 5.69 Å². The number of rotatable bonds is 9. The van der Waals surface area contributed by atoms with Crippen LogP contribution in [0.5, 0.6) is 5.75 Å². The summed E-state index contributed by atoms with van der Waals surface area (Å²) in [6.07, 6.45) is 5.62. The molecule has 1 fully saturated rings.